The Morgan fingerprint density at radius 2 is 2.00 bits per heavy atom. The van der Waals surface area contributed by atoms with E-state index in [0.717, 1.165) is 24.8 Å². The van der Waals surface area contributed by atoms with E-state index in [-0.39, 0.29) is 35.1 Å². The second-order valence-electron chi connectivity index (χ2n) is 3.95. The molecule has 0 aromatic heterocycles. The second-order valence-corrected chi connectivity index (χ2v) is 3.95. The third-order valence-electron chi connectivity index (χ3n) is 2.59. The van der Waals surface area contributed by atoms with Crippen molar-refractivity contribution in [3.05, 3.63) is 29.3 Å². The Labute approximate surface area is 124 Å². The van der Waals surface area contributed by atoms with Gasteiger partial charge in [0.05, 0.1) is 5.56 Å². The van der Waals surface area contributed by atoms with Gasteiger partial charge in [-0.05, 0) is 24.5 Å². The summed E-state index contributed by atoms with van der Waals surface area (Å²) in [6.45, 7) is 2.15. The molecule has 1 rings (SSSR count). The molecule has 1 aromatic carbocycles. The third kappa shape index (κ3) is 5.57. The van der Waals surface area contributed by atoms with E-state index in [1.165, 1.54) is 25.0 Å². The van der Waals surface area contributed by atoms with Gasteiger partial charge in [-0.3, -0.25) is 0 Å². The fourth-order valence-electron chi connectivity index (χ4n) is 1.66. The van der Waals surface area contributed by atoms with Gasteiger partial charge >= 0.3 is 35.5 Å². The van der Waals surface area contributed by atoms with Gasteiger partial charge in [0.15, 0.2) is 0 Å². The summed E-state index contributed by atoms with van der Waals surface area (Å²) in [4.78, 5) is 10.8. The Balaban J connectivity index is 0.00000256. The van der Waals surface area contributed by atoms with Crippen LogP contribution in [0.15, 0.2) is 18.2 Å². The second kappa shape index (κ2) is 8.56. The molecule has 0 saturated heterocycles. The van der Waals surface area contributed by atoms with Crippen LogP contribution in [-0.4, -0.2) is 11.1 Å². The number of carbonyl (C=O) groups is 1. The number of aromatic carboxylic acids is 1. The first-order valence-corrected chi connectivity index (χ1v) is 5.68. The summed E-state index contributed by atoms with van der Waals surface area (Å²) in [5.41, 5.74) is 0.820. The summed E-state index contributed by atoms with van der Waals surface area (Å²) >= 11 is 0. The number of carboxylic acid groups (broad SMARTS) is 1. The molecule has 0 spiro atoms. The molecule has 88 valence electrons. The molecule has 0 saturated carbocycles. The maximum absolute atomic E-state index is 11.2. The standard InChI is InChI=1S/C13H18O3.Na/c1-2-3-4-5-6-10-7-8-12(14)11(9-10)13(15)16;/h7-9,14H,2-6H2,1H3,(H,15,16);/q;+1/p-1. The first-order valence-electron chi connectivity index (χ1n) is 5.68. The summed E-state index contributed by atoms with van der Waals surface area (Å²) in [5.74, 6) is -1.55. The zero-order chi connectivity index (χ0) is 12.0. The Kier molecular flexibility index (Phi) is 8.30. The van der Waals surface area contributed by atoms with Gasteiger partial charge < -0.3 is 10.2 Å². The first-order chi connectivity index (χ1) is 7.65. The molecule has 3 nitrogen and oxygen atoms in total. The van der Waals surface area contributed by atoms with Crippen LogP contribution in [0.1, 0.15) is 48.5 Å². The monoisotopic (exact) mass is 244 g/mol. The predicted octanol–water partition coefficient (Wildman–Crippen LogP) is -0.415. The van der Waals surface area contributed by atoms with Crippen LogP contribution < -0.4 is 34.7 Å². The number of aryl methyl sites for hydroxylation is 1. The summed E-state index contributed by atoms with van der Waals surface area (Å²) < 4.78 is 0. The van der Waals surface area contributed by atoms with Crippen molar-refractivity contribution >= 4 is 5.97 Å². The van der Waals surface area contributed by atoms with Gasteiger partial charge in [0.1, 0.15) is 0 Å². The smallest absolute Gasteiger partial charge is 0.872 e. The van der Waals surface area contributed by atoms with E-state index in [9.17, 15) is 9.90 Å². The van der Waals surface area contributed by atoms with Crippen LogP contribution >= 0.6 is 0 Å². The van der Waals surface area contributed by atoms with Gasteiger partial charge in [0.2, 0.25) is 0 Å². The molecular formula is C13H17NaO3. The number of rotatable bonds is 6. The fraction of sp³-hybridized carbons (Fsp3) is 0.462. The number of unbranched alkanes of at least 4 members (excludes halogenated alkanes) is 3. The zero-order valence-corrected chi connectivity index (χ0v) is 12.5. The SMILES string of the molecule is CCCCCCc1ccc([O-])c(C(=O)O)c1.[Na+]. The predicted molar refractivity (Wildman–Crippen MR) is 60.7 cm³/mol. The maximum atomic E-state index is 11.2. The Morgan fingerprint density at radius 1 is 1.29 bits per heavy atom. The zero-order valence-electron chi connectivity index (χ0n) is 10.5. The van der Waals surface area contributed by atoms with Crippen molar-refractivity contribution in [2.75, 3.05) is 0 Å². The van der Waals surface area contributed by atoms with E-state index in [1.807, 2.05) is 0 Å². The fourth-order valence-corrected chi connectivity index (χ4v) is 1.66. The van der Waals surface area contributed by atoms with Crippen LogP contribution in [0.25, 0.3) is 0 Å². The van der Waals surface area contributed by atoms with E-state index >= 15 is 0 Å². The molecular weight excluding hydrogens is 227 g/mol. The molecule has 0 aliphatic rings. The summed E-state index contributed by atoms with van der Waals surface area (Å²) in [6.07, 6.45) is 5.43. The van der Waals surface area contributed by atoms with Crippen molar-refractivity contribution in [3.8, 4) is 5.75 Å². The van der Waals surface area contributed by atoms with Crippen LogP contribution in [0.3, 0.4) is 0 Å². The van der Waals surface area contributed by atoms with Crippen LogP contribution in [-0.2, 0) is 6.42 Å². The molecule has 0 heterocycles. The van der Waals surface area contributed by atoms with Crippen LogP contribution in [0.4, 0.5) is 0 Å². The molecule has 0 aliphatic carbocycles. The van der Waals surface area contributed by atoms with E-state index in [4.69, 9.17) is 5.11 Å². The molecule has 0 atom stereocenters. The van der Waals surface area contributed by atoms with Crippen LogP contribution in [0.2, 0.25) is 0 Å². The number of hydrogen-bond acceptors (Lipinski definition) is 2. The summed E-state index contributed by atoms with van der Waals surface area (Å²) in [6, 6.07) is 4.57. The van der Waals surface area contributed by atoms with E-state index in [1.54, 1.807) is 6.07 Å². The molecule has 1 aromatic rings. The van der Waals surface area contributed by atoms with Crippen LogP contribution in [0.5, 0.6) is 5.75 Å². The van der Waals surface area contributed by atoms with E-state index < -0.39 is 11.7 Å². The Bertz CT molecular complexity index is 364. The van der Waals surface area contributed by atoms with Gasteiger partial charge in [-0.15, -0.1) is 0 Å². The Morgan fingerprint density at radius 3 is 2.59 bits per heavy atom. The first kappa shape index (κ1) is 16.5. The average Bonchev–Trinajstić information content (AvgIpc) is 2.26. The van der Waals surface area contributed by atoms with Crippen molar-refractivity contribution in [1.29, 1.82) is 0 Å². The van der Waals surface area contributed by atoms with E-state index in [2.05, 4.69) is 6.92 Å². The molecule has 0 amide bonds. The van der Waals surface area contributed by atoms with Crippen molar-refractivity contribution in [2.45, 2.75) is 39.0 Å². The molecule has 4 heteroatoms. The Hall–Kier alpha value is -0.510. The van der Waals surface area contributed by atoms with Crippen molar-refractivity contribution in [1.82, 2.24) is 0 Å². The summed E-state index contributed by atoms with van der Waals surface area (Å²) in [7, 11) is 0. The van der Waals surface area contributed by atoms with Crippen molar-refractivity contribution < 1.29 is 44.6 Å². The quantitative estimate of drug-likeness (QED) is 0.546. The van der Waals surface area contributed by atoms with Gasteiger partial charge in [0, 0.05) is 0 Å². The third-order valence-corrected chi connectivity index (χ3v) is 2.59. The minimum atomic E-state index is -1.14. The average molecular weight is 244 g/mol. The number of hydrogen-bond donors (Lipinski definition) is 1. The molecule has 0 unspecified atom stereocenters. The topological polar surface area (TPSA) is 60.4 Å². The van der Waals surface area contributed by atoms with Crippen molar-refractivity contribution in [2.24, 2.45) is 0 Å². The van der Waals surface area contributed by atoms with Gasteiger partial charge in [0.25, 0.3) is 0 Å². The van der Waals surface area contributed by atoms with Gasteiger partial charge in [-0.1, -0.05) is 44.1 Å². The minimum Gasteiger partial charge on any atom is -0.872 e. The maximum Gasteiger partial charge on any atom is 1.00 e. The van der Waals surface area contributed by atoms with Crippen molar-refractivity contribution in [3.63, 3.8) is 0 Å². The largest absolute Gasteiger partial charge is 1.00 e. The minimum absolute atomic E-state index is 0. The molecule has 0 radical (unpaired) electrons. The van der Waals surface area contributed by atoms with Gasteiger partial charge in [-0.25, -0.2) is 4.79 Å². The molecule has 17 heavy (non-hydrogen) atoms. The summed E-state index contributed by atoms with van der Waals surface area (Å²) in [5, 5.41) is 20.0. The molecule has 0 aliphatic heterocycles. The molecule has 0 fully saturated rings. The molecule has 0 bridgehead atoms. The van der Waals surface area contributed by atoms with Gasteiger partial charge in [-0.2, -0.15) is 0 Å². The van der Waals surface area contributed by atoms with E-state index in [0.29, 0.717) is 0 Å². The molecule has 1 N–H and O–H groups in total. The van der Waals surface area contributed by atoms with Crippen LogP contribution in [0, 0.1) is 0 Å². The number of carboxylic acids is 1. The normalized spacial score (nSPS) is 9.71. The number of benzene rings is 1.